The van der Waals surface area contributed by atoms with Crippen molar-refractivity contribution < 1.29 is 14.3 Å². The standard InChI is InChI=1S/C32H33NO3/c1-2-35-30-17-22(21-33-28-11-9-27(10-12-28)26-6-4-3-5-7-26)8-13-29(30)36-31(34)32-18-23-14-24(19-32)16-25(15-23)20-32/h3-13,17,21,23-25H,2,14-16,18-20H2,1H3. The first-order chi connectivity index (χ1) is 17.6. The van der Waals surface area contributed by atoms with E-state index >= 15 is 0 Å². The van der Waals surface area contributed by atoms with Crippen molar-refractivity contribution in [2.45, 2.75) is 45.4 Å². The summed E-state index contributed by atoms with van der Waals surface area (Å²) in [5.41, 5.74) is 3.85. The SMILES string of the molecule is CCOc1cc(C=Nc2ccc(-c3ccccc3)cc2)ccc1OC(=O)C12CC3CC(CC(C3)C1)C2. The third kappa shape index (κ3) is 4.57. The Morgan fingerprint density at radius 2 is 1.50 bits per heavy atom. The average Bonchev–Trinajstić information content (AvgIpc) is 2.89. The van der Waals surface area contributed by atoms with Crippen molar-refractivity contribution >= 4 is 17.9 Å². The fourth-order valence-corrected chi connectivity index (χ4v) is 7.05. The number of carbonyl (C=O) groups is 1. The predicted molar refractivity (Wildman–Crippen MR) is 143 cm³/mol. The first-order valence-electron chi connectivity index (χ1n) is 13.3. The lowest BCUT2D eigenvalue weighted by Gasteiger charge is -2.55. The summed E-state index contributed by atoms with van der Waals surface area (Å²) < 4.78 is 11.9. The van der Waals surface area contributed by atoms with E-state index < -0.39 is 0 Å². The molecule has 4 saturated carbocycles. The second-order valence-electron chi connectivity index (χ2n) is 10.9. The highest BCUT2D eigenvalue weighted by molar-refractivity contribution is 5.84. The quantitative estimate of drug-likeness (QED) is 0.199. The molecule has 0 aromatic heterocycles. The molecule has 36 heavy (non-hydrogen) atoms. The second kappa shape index (κ2) is 9.57. The molecule has 0 unspecified atom stereocenters. The zero-order valence-electron chi connectivity index (χ0n) is 20.9. The predicted octanol–water partition coefficient (Wildman–Crippen LogP) is 7.62. The first kappa shape index (κ1) is 23.0. The van der Waals surface area contributed by atoms with Crippen LogP contribution in [0.5, 0.6) is 11.5 Å². The van der Waals surface area contributed by atoms with Gasteiger partial charge in [0.25, 0.3) is 0 Å². The number of esters is 1. The Morgan fingerprint density at radius 3 is 2.14 bits per heavy atom. The second-order valence-corrected chi connectivity index (χ2v) is 10.9. The van der Waals surface area contributed by atoms with E-state index in [1.54, 1.807) is 0 Å². The van der Waals surface area contributed by atoms with Crippen LogP contribution in [0.3, 0.4) is 0 Å². The monoisotopic (exact) mass is 479 g/mol. The molecule has 184 valence electrons. The van der Waals surface area contributed by atoms with E-state index in [-0.39, 0.29) is 11.4 Å². The molecule has 4 aliphatic carbocycles. The lowest BCUT2D eigenvalue weighted by Crippen LogP contribution is -2.51. The summed E-state index contributed by atoms with van der Waals surface area (Å²) in [6.07, 6.45) is 8.73. The van der Waals surface area contributed by atoms with Crippen molar-refractivity contribution in [3.63, 3.8) is 0 Å². The van der Waals surface area contributed by atoms with Crippen LogP contribution in [0.4, 0.5) is 5.69 Å². The molecule has 0 aliphatic heterocycles. The van der Waals surface area contributed by atoms with E-state index in [4.69, 9.17) is 9.47 Å². The average molecular weight is 480 g/mol. The highest BCUT2D eigenvalue weighted by Gasteiger charge is 2.55. The molecule has 0 amide bonds. The molecule has 0 spiro atoms. The van der Waals surface area contributed by atoms with Gasteiger partial charge in [-0.05, 0) is 110 Å². The molecule has 4 fully saturated rings. The topological polar surface area (TPSA) is 47.9 Å². The van der Waals surface area contributed by atoms with Crippen LogP contribution < -0.4 is 9.47 Å². The van der Waals surface area contributed by atoms with Crippen LogP contribution in [0.2, 0.25) is 0 Å². The summed E-state index contributed by atoms with van der Waals surface area (Å²) in [6.45, 7) is 2.45. The Balaban J connectivity index is 1.17. The van der Waals surface area contributed by atoms with Crippen LogP contribution in [0.25, 0.3) is 11.1 Å². The minimum Gasteiger partial charge on any atom is -0.490 e. The lowest BCUT2D eigenvalue weighted by atomic mass is 9.49. The van der Waals surface area contributed by atoms with E-state index in [2.05, 4.69) is 29.3 Å². The molecule has 4 heteroatoms. The Hall–Kier alpha value is -3.40. The molecule has 3 aromatic rings. The van der Waals surface area contributed by atoms with Crippen LogP contribution in [0.1, 0.15) is 51.0 Å². The Bertz CT molecular complexity index is 1230. The Labute approximate surface area is 213 Å². The number of hydrogen-bond donors (Lipinski definition) is 0. The summed E-state index contributed by atoms with van der Waals surface area (Å²) in [4.78, 5) is 18.1. The van der Waals surface area contributed by atoms with Gasteiger partial charge in [-0.25, -0.2) is 0 Å². The minimum atomic E-state index is -0.287. The number of benzene rings is 3. The third-order valence-corrected chi connectivity index (χ3v) is 8.28. The van der Waals surface area contributed by atoms with Gasteiger partial charge in [-0.1, -0.05) is 42.5 Å². The minimum absolute atomic E-state index is 0.0533. The summed E-state index contributed by atoms with van der Waals surface area (Å²) in [7, 11) is 0. The molecule has 4 bridgehead atoms. The van der Waals surface area contributed by atoms with E-state index in [0.29, 0.717) is 35.9 Å². The maximum absolute atomic E-state index is 13.4. The molecule has 3 aromatic carbocycles. The number of carbonyl (C=O) groups excluding carboxylic acids is 1. The molecule has 0 radical (unpaired) electrons. The van der Waals surface area contributed by atoms with Crippen molar-refractivity contribution in [3.8, 4) is 22.6 Å². The van der Waals surface area contributed by atoms with Crippen molar-refractivity contribution in [2.24, 2.45) is 28.2 Å². The van der Waals surface area contributed by atoms with Crippen molar-refractivity contribution in [1.82, 2.24) is 0 Å². The fraction of sp³-hybridized carbons (Fsp3) is 0.375. The van der Waals surface area contributed by atoms with Gasteiger partial charge in [0, 0.05) is 6.21 Å². The van der Waals surface area contributed by atoms with Gasteiger partial charge in [-0.2, -0.15) is 0 Å². The fourth-order valence-electron chi connectivity index (χ4n) is 7.05. The third-order valence-electron chi connectivity index (χ3n) is 8.28. The zero-order chi connectivity index (χ0) is 24.5. The van der Waals surface area contributed by atoms with Crippen molar-refractivity contribution in [1.29, 1.82) is 0 Å². The highest BCUT2D eigenvalue weighted by Crippen LogP contribution is 2.60. The largest absolute Gasteiger partial charge is 0.490 e. The molecule has 0 heterocycles. The van der Waals surface area contributed by atoms with Gasteiger partial charge >= 0.3 is 5.97 Å². The highest BCUT2D eigenvalue weighted by atomic mass is 16.6. The van der Waals surface area contributed by atoms with E-state index in [1.807, 2.05) is 61.7 Å². The van der Waals surface area contributed by atoms with Gasteiger partial charge in [0.05, 0.1) is 17.7 Å². The van der Waals surface area contributed by atoms with Gasteiger partial charge in [-0.15, -0.1) is 0 Å². The molecule has 0 atom stereocenters. The van der Waals surface area contributed by atoms with Crippen molar-refractivity contribution in [2.75, 3.05) is 6.61 Å². The van der Waals surface area contributed by atoms with Crippen LogP contribution in [-0.4, -0.2) is 18.8 Å². The number of hydrogen-bond acceptors (Lipinski definition) is 4. The summed E-state index contributed by atoms with van der Waals surface area (Å²) in [6, 6.07) is 24.2. The molecule has 7 rings (SSSR count). The number of aliphatic imine (C=N–C) groups is 1. The summed E-state index contributed by atoms with van der Waals surface area (Å²) in [5, 5.41) is 0. The lowest BCUT2D eigenvalue weighted by molar-refractivity contribution is -0.161. The normalized spacial score (nSPS) is 26.3. The maximum atomic E-state index is 13.4. The van der Waals surface area contributed by atoms with Crippen LogP contribution >= 0.6 is 0 Å². The number of nitrogens with zero attached hydrogens (tertiary/aromatic N) is 1. The molecule has 4 nitrogen and oxygen atoms in total. The smallest absolute Gasteiger partial charge is 0.317 e. The van der Waals surface area contributed by atoms with Gasteiger partial charge in [0.2, 0.25) is 0 Å². The van der Waals surface area contributed by atoms with Gasteiger partial charge in [0.15, 0.2) is 11.5 Å². The molecule has 0 N–H and O–H groups in total. The maximum Gasteiger partial charge on any atom is 0.317 e. The Morgan fingerprint density at radius 1 is 0.861 bits per heavy atom. The number of ether oxygens (including phenoxy) is 2. The van der Waals surface area contributed by atoms with Crippen LogP contribution in [-0.2, 0) is 4.79 Å². The van der Waals surface area contributed by atoms with Gasteiger partial charge < -0.3 is 9.47 Å². The van der Waals surface area contributed by atoms with Crippen LogP contribution in [0.15, 0.2) is 77.8 Å². The molecular formula is C32H33NO3. The molecular weight excluding hydrogens is 446 g/mol. The summed E-state index contributed by atoms with van der Waals surface area (Å²) >= 11 is 0. The molecule has 0 saturated heterocycles. The first-order valence-corrected chi connectivity index (χ1v) is 13.3. The van der Waals surface area contributed by atoms with E-state index in [9.17, 15) is 4.79 Å². The summed E-state index contributed by atoms with van der Waals surface area (Å²) in [5.74, 6) is 3.17. The van der Waals surface area contributed by atoms with Gasteiger partial charge in [-0.3, -0.25) is 9.79 Å². The van der Waals surface area contributed by atoms with Gasteiger partial charge in [0.1, 0.15) is 0 Å². The van der Waals surface area contributed by atoms with E-state index in [1.165, 1.54) is 30.4 Å². The Kier molecular flexibility index (Phi) is 6.12. The molecule has 4 aliphatic rings. The van der Waals surface area contributed by atoms with Crippen molar-refractivity contribution in [3.05, 3.63) is 78.4 Å². The zero-order valence-corrected chi connectivity index (χ0v) is 20.9. The van der Waals surface area contributed by atoms with Crippen LogP contribution in [0, 0.1) is 23.2 Å². The van der Waals surface area contributed by atoms with E-state index in [0.717, 1.165) is 30.5 Å². The number of rotatable bonds is 7.